The Morgan fingerprint density at radius 2 is 1.96 bits per heavy atom. The van der Waals surface area contributed by atoms with Gasteiger partial charge in [-0.15, -0.1) is 5.10 Å². The van der Waals surface area contributed by atoms with Gasteiger partial charge in [0.2, 0.25) is 5.65 Å². The molecule has 0 amide bonds. The fraction of sp³-hybridized carbons (Fsp3) is 0.421. The van der Waals surface area contributed by atoms with Crippen molar-refractivity contribution >= 4 is 11.5 Å². The van der Waals surface area contributed by atoms with Gasteiger partial charge in [0.05, 0.1) is 13.7 Å². The highest BCUT2D eigenvalue weighted by Crippen LogP contribution is 2.20. The summed E-state index contributed by atoms with van der Waals surface area (Å²) in [6.45, 7) is 2.32. The van der Waals surface area contributed by atoms with E-state index < -0.39 is 0 Å². The van der Waals surface area contributed by atoms with Gasteiger partial charge in [-0.05, 0) is 30.5 Å². The zero-order chi connectivity index (χ0) is 17.9. The molecule has 7 heteroatoms. The van der Waals surface area contributed by atoms with E-state index in [2.05, 4.69) is 15.0 Å². The Labute approximate surface area is 151 Å². The molecule has 3 heterocycles. The second-order valence-electron chi connectivity index (χ2n) is 6.64. The lowest BCUT2D eigenvalue weighted by atomic mass is 10.2. The van der Waals surface area contributed by atoms with Crippen LogP contribution in [0.5, 0.6) is 5.75 Å². The highest BCUT2D eigenvalue weighted by atomic mass is 16.5. The molecule has 1 saturated heterocycles. The molecule has 1 aliphatic heterocycles. The Morgan fingerprint density at radius 1 is 1.15 bits per heavy atom. The van der Waals surface area contributed by atoms with E-state index >= 15 is 0 Å². The van der Waals surface area contributed by atoms with Crippen molar-refractivity contribution < 1.29 is 4.74 Å². The minimum Gasteiger partial charge on any atom is -0.497 e. The van der Waals surface area contributed by atoms with Crippen molar-refractivity contribution in [1.29, 1.82) is 0 Å². The number of fused-ring (bicyclic) bond motifs is 1. The minimum absolute atomic E-state index is 0.152. The monoisotopic (exact) mass is 353 g/mol. The molecule has 0 radical (unpaired) electrons. The smallest absolute Gasteiger partial charge is 0.350 e. The number of anilines is 1. The first-order valence-corrected chi connectivity index (χ1v) is 9.08. The van der Waals surface area contributed by atoms with Crippen LogP contribution < -0.4 is 15.3 Å². The number of benzene rings is 1. The Kier molecular flexibility index (Phi) is 4.60. The molecule has 1 aromatic carbocycles. The van der Waals surface area contributed by atoms with E-state index in [0.717, 1.165) is 43.1 Å². The van der Waals surface area contributed by atoms with Gasteiger partial charge in [0.1, 0.15) is 5.75 Å². The predicted molar refractivity (Wildman–Crippen MR) is 100 cm³/mol. The maximum atomic E-state index is 12.8. The Balaban J connectivity index is 1.71. The van der Waals surface area contributed by atoms with Crippen LogP contribution in [0.1, 0.15) is 31.2 Å². The lowest BCUT2D eigenvalue weighted by molar-refractivity contribution is 0.414. The quantitative estimate of drug-likeness (QED) is 0.720. The third kappa shape index (κ3) is 3.16. The van der Waals surface area contributed by atoms with Gasteiger partial charge in [-0.25, -0.2) is 18.9 Å². The van der Waals surface area contributed by atoms with Crippen molar-refractivity contribution in [1.82, 2.24) is 19.2 Å². The minimum atomic E-state index is -0.152. The van der Waals surface area contributed by atoms with Crippen molar-refractivity contribution in [2.75, 3.05) is 25.1 Å². The van der Waals surface area contributed by atoms with Crippen LogP contribution in [0.15, 0.2) is 41.5 Å². The van der Waals surface area contributed by atoms with Gasteiger partial charge in [0.25, 0.3) is 0 Å². The first kappa shape index (κ1) is 16.6. The molecule has 0 bridgehead atoms. The van der Waals surface area contributed by atoms with Crippen molar-refractivity contribution in [3.63, 3.8) is 0 Å². The second kappa shape index (κ2) is 7.19. The molecule has 0 N–H and O–H groups in total. The van der Waals surface area contributed by atoms with Crippen molar-refractivity contribution in [2.24, 2.45) is 0 Å². The van der Waals surface area contributed by atoms with E-state index in [1.807, 2.05) is 24.3 Å². The zero-order valence-electron chi connectivity index (χ0n) is 15.0. The number of methoxy groups -OCH3 is 1. The summed E-state index contributed by atoms with van der Waals surface area (Å²) in [7, 11) is 1.63. The summed E-state index contributed by atoms with van der Waals surface area (Å²) in [5.74, 6) is 1.57. The van der Waals surface area contributed by atoms with E-state index in [-0.39, 0.29) is 5.69 Å². The number of hydrogen-bond acceptors (Lipinski definition) is 5. The first-order valence-electron chi connectivity index (χ1n) is 9.08. The molecule has 1 aliphatic rings. The number of aromatic nitrogens is 4. The SMILES string of the molecule is COc1cccc(Cn2nc3c(N4CCCCCC4)nccn3c2=O)c1. The third-order valence-corrected chi connectivity index (χ3v) is 4.86. The van der Waals surface area contributed by atoms with Crippen molar-refractivity contribution in [2.45, 2.75) is 32.2 Å². The lowest BCUT2D eigenvalue weighted by Gasteiger charge is -2.21. The predicted octanol–water partition coefficient (Wildman–Crippen LogP) is 2.33. The van der Waals surface area contributed by atoms with Crippen LogP contribution in [0.4, 0.5) is 5.82 Å². The fourth-order valence-electron chi connectivity index (χ4n) is 3.49. The fourth-order valence-corrected chi connectivity index (χ4v) is 3.49. The average molecular weight is 353 g/mol. The lowest BCUT2D eigenvalue weighted by Crippen LogP contribution is -2.26. The molecule has 0 saturated carbocycles. The van der Waals surface area contributed by atoms with Gasteiger partial charge in [-0.1, -0.05) is 25.0 Å². The molecule has 4 rings (SSSR count). The van der Waals surface area contributed by atoms with Gasteiger partial charge in [-0.2, -0.15) is 0 Å². The summed E-state index contributed by atoms with van der Waals surface area (Å²) >= 11 is 0. The Bertz CT molecular complexity index is 954. The average Bonchev–Trinajstić information content (AvgIpc) is 2.86. The summed E-state index contributed by atoms with van der Waals surface area (Å²) in [4.78, 5) is 19.6. The van der Waals surface area contributed by atoms with E-state index in [1.165, 1.54) is 17.5 Å². The Morgan fingerprint density at radius 3 is 2.73 bits per heavy atom. The molecule has 136 valence electrons. The van der Waals surface area contributed by atoms with Crippen LogP contribution in [0, 0.1) is 0 Å². The maximum Gasteiger partial charge on any atom is 0.350 e. The molecule has 3 aromatic rings. The van der Waals surface area contributed by atoms with Crippen LogP contribution in [-0.4, -0.2) is 39.4 Å². The molecule has 2 aromatic heterocycles. The van der Waals surface area contributed by atoms with Gasteiger partial charge in [0.15, 0.2) is 5.82 Å². The maximum absolute atomic E-state index is 12.8. The highest BCUT2D eigenvalue weighted by molar-refractivity contribution is 5.63. The third-order valence-electron chi connectivity index (χ3n) is 4.86. The van der Waals surface area contributed by atoms with Crippen LogP contribution in [-0.2, 0) is 6.54 Å². The summed E-state index contributed by atoms with van der Waals surface area (Å²) in [6, 6.07) is 7.69. The molecule has 26 heavy (non-hydrogen) atoms. The second-order valence-corrected chi connectivity index (χ2v) is 6.64. The van der Waals surface area contributed by atoms with E-state index in [0.29, 0.717) is 12.2 Å². The Hall–Kier alpha value is -2.83. The van der Waals surface area contributed by atoms with Crippen LogP contribution in [0.25, 0.3) is 5.65 Å². The number of ether oxygens (including phenoxy) is 1. The highest BCUT2D eigenvalue weighted by Gasteiger charge is 2.18. The van der Waals surface area contributed by atoms with E-state index in [4.69, 9.17) is 4.74 Å². The number of rotatable bonds is 4. The number of nitrogens with zero attached hydrogens (tertiary/aromatic N) is 5. The van der Waals surface area contributed by atoms with Crippen molar-refractivity contribution in [3.8, 4) is 5.75 Å². The van der Waals surface area contributed by atoms with Crippen LogP contribution in [0.2, 0.25) is 0 Å². The van der Waals surface area contributed by atoms with E-state index in [9.17, 15) is 4.79 Å². The van der Waals surface area contributed by atoms with Crippen LogP contribution in [0.3, 0.4) is 0 Å². The molecule has 0 atom stereocenters. The molecule has 0 aliphatic carbocycles. The topological polar surface area (TPSA) is 64.7 Å². The van der Waals surface area contributed by atoms with Crippen molar-refractivity contribution in [3.05, 3.63) is 52.7 Å². The molecule has 7 nitrogen and oxygen atoms in total. The summed E-state index contributed by atoms with van der Waals surface area (Å²) < 4.78 is 8.35. The molecular formula is C19H23N5O2. The summed E-state index contributed by atoms with van der Waals surface area (Å²) in [6.07, 6.45) is 8.17. The standard InChI is InChI=1S/C19H23N5O2/c1-26-16-8-6-7-15(13-16)14-24-19(25)23-12-9-20-17(18(23)21-24)22-10-4-2-3-5-11-22/h6-9,12-13H,2-5,10-11,14H2,1H3. The molecular weight excluding hydrogens is 330 g/mol. The van der Waals surface area contributed by atoms with E-state index in [1.54, 1.807) is 23.9 Å². The van der Waals surface area contributed by atoms with Gasteiger partial charge in [-0.3, -0.25) is 0 Å². The van der Waals surface area contributed by atoms with Crippen LogP contribution >= 0.6 is 0 Å². The van der Waals surface area contributed by atoms with Gasteiger partial charge >= 0.3 is 5.69 Å². The molecule has 0 unspecified atom stereocenters. The summed E-state index contributed by atoms with van der Waals surface area (Å²) in [5, 5.41) is 4.59. The molecule has 0 spiro atoms. The van der Waals surface area contributed by atoms with Gasteiger partial charge < -0.3 is 9.64 Å². The van der Waals surface area contributed by atoms with Gasteiger partial charge in [0, 0.05) is 25.5 Å². The molecule has 1 fully saturated rings. The largest absolute Gasteiger partial charge is 0.497 e. The summed E-state index contributed by atoms with van der Waals surface area (Å²) in [5.41, 5.74) is 1.45. The normalized spacial score (nSPS) is 15.2. The number of hydrogen-bond donors (Lipinski definition) is 0. The first-order chi connectivity index (χ1) is 12.8. The zero-order valence-corrected chi connectivity index (χ0v) is 15.0.